The van der Waals surface area contributed by atoms with Crippen LogP contribution in [0.2, 0.25) is 0 Å². The summed E-state index contributed by atoms with van der Waals surface area (Å²) in [7, 11) is -2.53. The lowest BCUT2D eigenvalue weighted by atomic mass is 10.6. The van der Waals surface area contributed by atoms with Crippen molar-refractivity contribution in [2.75, 3.05) is 7.11 Å². The average molecular weight is 219 g/mol. The van der Waals surface area contributed by atoms with Crippen molar-refractivity contribution >= 4 is 16.0 Å². The Balaban J connectivity index is 2.84. The zero-order valence-corrected chi connectivity index (χ0v) is 8.19. The monoisotopic (exact) mass is 219 g/mol. The van der Waals surface area contributed by atoms with Crippen molar-refractivity contribution in [2.24, 2.45) is 5.14 Å². The molecule has 0 atom stereocenters. The van der Waals surface area contributed by atoms with Crippen LogP contribution >= 0.6 is 0 Å². The van der Waals surface area contributed by atoms with Gasteiger partial charge in [0.05, 0.1) is 13.3 Å². The Bertz CT molecular complexity index is 436. The number of hydrogen-bond acceptors (Lipinski definition) is 5. The first-order chi connectivity index (χ1) is 6.43. The number of carbonyl (C=O) groups is 1. The van der Waals surface area contributed by atoms with Crippen LogP contribution in [0.4, 0.5) is 0 Å². The zero-order valence-electron chi connectivity index (χ0n) is 7.37. The van der Waals surface area contributed by atoms with Gasteiger partial charge in [-0.3, -0.25) is 9.48 Å². The summed E-state index contributed by atoms with van der Waals surface area (Å²) in [6, 6.07) is 0. The van der Waals surface area contributed by atoms with Crippen LogP contribution in [-0.2, 0) is 26.1 Å². The quantitative estimate of drug-likeness (QED) is 0.636. The zero-order chi connectivity index (χ0) is 10.8. The molecule has 8 heteroatoms. The molecule has 0 aliphatic carbocycles. The largest absolute Gasteiger partial charge is 0.468 e. The molecule has 0 aliphatic rings. The summed E-state index contributed by atoms with van der Waals surface area (Å²) < 4.78 is 27.1. The number of primary sulfonamides is 1. The molecular weight excluding hydrogens is 210 g/mol. The lowest BCUT2D eigenvalue weighted by molar-refractivity contribution is -0.141. The minimum absolute atomic E-state index is 0.138. The molecule has 78 valence electrons. The summed E-state index contributed by atoms with van der Waals surface area (Å²) in [6.07, 6.45) is 2.23. The molecule has 0 aliphatic heterocycles. The van der Waals surface area contributed by atoms with Gasteiger partial charge in [-0.25, -0.2) is 13.6 Å². The first-order valence-electron chi connectivity index (χ1n) is 3.55. The van der Waals surface area contributed by atoms with Gasteiger partial charge in [-0.05, 0) is 0 Å². The van der Waals surface area contributed by atoms with Gasteiger partial charge >= 0.3 is 5.97 Å². The molecule has 0 bridgehead atoms. The summed E-state index contributed by atoms with van der Waals surface area (Å²) in [5.41, 5.74) is 0. The van der Waals surface area contributed by atoms with E-state index in [2.05, 4.69) is 9.84 Å². The maximum atomic E-state index is 10.8. The van der Waals surface area contributed by atoms with Crippen LogP contribution < -0.4 is 5.14 Å². The lowest BCUT2D eigenvalue weighted by Gasteiger charge is -1.97. The van der Waals surface area contributed by atoms with Gasteiger partial charge in [0.25, 0.3) is 0 Å². The van der Waals surface area contributed by atoms with Crippen LogP contribution in [0.25, 0.3) is 0 Å². The molecule has 0 saturated heterocycles. The van der Waals surface area contributed by atoms with Crippen LogP contribution in [0.3, 0.4) is 0 Å². The van der Waals surface area contributed by atoms with Gasteiger partial charge in [-0.2, -0.15) is 5.10 Å². The van der Waals surface area contributed by atoms with Gasteiger partial charge in [0, 0.05) is 6.20 Å². The van der Waals surface area contributed by atoms with Gasteiger partial charge in [0.15, 0.2) is 0 Å². The Labute approximate surface area is 80.5 Å². The van der Waals surface area contributed by atoms with Gasteiger partial charge < -0.3 is 4.74 Å². The molecular formula is C6H9N3O4S. The third-order valence-electron chi connectivity index (χ3n) is 1.46. The van der Waals surface area contributed by atoms with Gasteiger partial charge in [-0.15, -0.1) is 0 Å². The third kappa shape index (κ3) is 2.54. The molecule has 0 fully saturated rings. The summed E-state index contributed by atoms with van der Waals surface area (Å²) in [4.78, 5) is 10.6. The number of carbonyl (C=O) groups excluding carboxylic acids is 1. The van der Waals surface area contributed by atoms with Crippen molar-refractivity contribution < 1.29 is 17.9 Å². The Morgan fingerprint density at radius 1 is 1.71 bits per heavy atom. The Hall–Kier alpha value is -1.41. The van der Waals surface area contributed by atoms with E-state index in [1.54, 1.807) is 0 Å². The molecule has 1 rings (SSSR count). The normalized spacial score (nSPS) is 11.3. The van der Waals surface area contributed by atoms with Crippen LogP contribution in [-0.4, -0.2) is 31.3 Å². The standard InChI is InChI=1S/C6H9N3O4S/c1-13-6(10)4-9-3-5(2-8-9)14(7,11)12/h2-3H,4H2,1H3,(H2,7,11,12). The second kappa shape index (κ2) is 3.76. The molecule has 2 N–H and O–H groups in total. The second-order valence-electron chi connectivity index (χ2n) is 2.49. The van der Waals surface area contributed by atoms with E-state index in [0.717, 1.165) is 17.1 Å². The number of methoxy groups -OCH3 is 1. The van der Waals surface area contributed by atoms with Crippen molar-refractivity contribution in [1.29, 1.82) is 0 Å². The molecule has 1 aromatic heterocycles. The summed E-state index contributed by atoms with van der Waals surface area (Å²) in [5.74, 6) is -0.519. The Kier molecular flexibility index (Phi) is 2.87. The Morgan fingerprint density at radius 2 is 2.36 bits per heavy atom. The van der Waals surface area contributed by atoms with E-state index < -0.39 is 16.0 Å². The van der Waals surface area contributed by atoms with Crippen molar-refractivity contribution in [3.63, 3.8) is 0 Å². The van der Waals surface area contributed by atoms with Crippen molar-refractivity contribution in [1.82, 2.24) is 9.78 Å². The van der Waals surface area contributed by atoms with E-state index in [-0.39, 0.29) is 11.4 Å². The fourth-order valence-electron chi connectivity index (χ4n) is 0.775. The van der Waals surface area contributed by atoms with Crippen LogP contribution in [0.5, 0.6) is 0 Å². The van der Waals surface area contributed by atoms with Crippen molar-refractivity contribution in [3.8, 4) is 0 Å². The highest BCUT2D eigenvalue weighted by molar-refractivity contribution is 7.89. The van der Waals surface area contributed by atoms with E-state index in [0.29, 0.717) is 0 Å². The number of ether oxygens (including phenoxy) is 1. The average Bonchev–Trinajstić information content (AvgIpc) is 2.51. The SMILES string of the molecule is COC(=O)Cn1cc(S(N)(=O)=O)cn1. The fraction of sp³-hybridized carbons (Fsp3) is 0.333. The minimum atomic E-state index is -3.76. The van der Waals surface area contributed by atoms with Crippen molar-refractivity contribution in [3.05, 3.63) is 12.4 Å². The summed E-state index contributed by atoms with van der Waals surface area (Å²) in [5, 5.41) is 8.46. The number of aromatic nitrogens is 2. The van der Waals surface area contributed by atoms with E-state index in [4.69, 9.17) is 5.14 Å². The Morgan fingerprint density at radius 3 is 2.79 bits per heavy atom. The number of sulfonamides is 1. The highest BCUT2D eigenvalue weighted by Crippen LogP contribution is 2.03. The van der Waals surface area contributed by atoms with E-state index in [9.17, 15) is 13.2 Å². The molecule has 14 heavy (non-hydrogen) atoms. The molecule has 1 heterocycles. The first-order valence-corrected chi connectivity index (χ1v) is 5.10. The van der Waals surface area contributed by atoms with E-state index in [1.165, 1.54) is 7.11 Å². The number of rotatable bonds is 3. The predicted octanol–water partition coefficient (Wildman–Crippen LogP) is -1.30. The maximum Gasteiger partial charge on any atom is 0.327 e. The summed E-state index contributed by atoms with van der Waals surface area (Å²) >= 11 is 0. The van der Waals surface area contributed by atoms with E-state index in [1.807, 2.05) is 0 Å². The first kappa shape index (κ1) is 10.7. The maximum absolute atomic E-state index is 10.8. The smallest absolute Gasteiger partial charge is 0.327 e. The van der Waals surface area contributed by atoms with Crippen molar-refractivity contribution in [2.45, 2.75) is 11.4 Å². The molecule has 0 radical (unpaired) electrons. The van der Waals surface area contributed by atoms with Gasteiger partial charge in [0.2, 0.25) is 10.0 Å². The van der Waals surface area contributed by atoms with Gasteiger partial charge in [-0.1, -0.05) is 0 Å². The molecule has 0 amide bonds. The van der Waals surface area contributed by atoms with Gasteiger partial charge in [0.1, 0.15) is 11.4 Å². The number of hydrogen-bond donors (Lipinski definition) is 1. The van der Waals surface area contributed by atoms with Crippen LogP contribution in [0.1, 0.15) is 0 Å². The second-order valence-corrected chi connectivity index (χ2v) is 4.06. The number of nitrogens with two attached hydrogens (primary N) is 1. The fourth-order valence-corrected chi connectivity index (χ4v) is 1.24. The summed E-state index contributed by atoms with van der Waals surface area (Å²) in [6.45, 7) is -0.147. The number of esters is 1. The highest BCUT2D eigenvalue weighted by atomic mass is 32.2. The van der Waals surface area contributed by atoms with Crippen LogP contribution in [0, 0.1) is 0 Å². The highest BCUT2D eigenvalue weighted by Gasteiger charge is 2.11. The minimum Gasteiger partial charge on any atom is -0.468 e. The predicted molar refractivity (Wildman–Crippen MR) is 45.6 cm³/mol. The molecule has 7 nitrogen and oxygen atoms in total. The lowest BCUT2D eigenvalue weighted by Crippen LogP contribution is -2.13. The van der Waals surface area contributed by atoms with Crippen LogP contribution in [0.15, 0.2) is 17.3 Å². The molecule has 0 saturated carbocycles. The third-order valence-corrected chi connectivity index (χ3v) is 2.32. The topological polar surface area (TPSA) is 104 Å². The van der Waals surface area contributed by atoms with E-state index >= 15 is 0 Å². The molecule has 0 spiro atoms. The number of nitrogens with zero attached hydrogens (tertiary/aromatic N) is 2. The molecule has 0 unspecified atom stereocenters. The molecule has 1 aromatic rings. The molecule has 0 aromatic carbocycles.